The van der Waals surface area contributed by atoms with Crippen LogP contribution in [0, 0.1) is 0 Å². The molecule has 1 aromatic carbocycles. The van der Waals surface area contributed by atoms with E-state index >= 15 is 0 Å². The minimum atomic E-state index is 0.407. The maximum atomic E-state index is 4.38. The van der Waals surface area contributed by atoms with E-state index in [1.165, 1.54) is 23.2 Å². The average Bonchev–Trinajstić information content (AvgIpc) is 2.93. The molecule has 1 heterocycles. The van der Waals surface area contributed by atoms with E-state index in [1.54, 1.807) is 0 Å². The van der Waals surface area contributed by atoms with Crippen LogP contribution in [0.3, 0.4) is 0 Å². The summed E-state index contributed by atoms with van der Waals surface area (Å²) in [6.45, 7) is 8.62. The first-order valence-corrected chi connectivity index (χ1v) is 7.61. The Morgan fingerprint density at radius 1 is 1.10 bits per heavy atom. The molecule has 3 heteroatoms. The second kappa shape index (κ2) is 7.25. The van der Waals surface area contributed by atoms with Gasteiger partial charge in [0.2, 0.25) is 0 Å². The molecule has 1 atom stereocenters. The van der Waals surface area contributed by atoms with E-state index in [4.69, 9.17) is 0 Å². The third-order valence-corrected chi connectivity index (χ3v) is 3.56. The standard InChI is InChI=1S/C17H25N3/c1-4-11-18-14(3)15-6-8-16(9-7-15)17-10-12-19-20(17)13-5-2/h6-10,12,14,18H,4-5,11,13H2,1-3H3. The second-order valence-electron chi connectivity index (χ2n) is 5.24. The van der Waals surface area contributed by atoms with Crippen LogP contribution in [0.15, 0.2) is 36.5 Å². The summed E-state index contributed by atoms with van der Waals surface area (Å²) in [5.41, 5.74) is 3.78. The summed E-state index contributed by atoms with van der Waals surface area (Å²) in [6.07, 6.45) is 4.15. The summed E-state index contributed by atoms with van der Waals surface area (Å²) in [5, 5.41) is 7.90. The van der Waals surface area contributed by atoms with E-state index in [0.29, 0.717) is 6.04 Å². The Labute approximate surface area is 122 Å². The van der Waals surface area contributed by atoms with Gasteiger partial charge in [0.15, 0.2) is 0 Å². The summed E-state index contributed by atoms with van der Waals surface area (Å²) in [7, 11) is 0. The monoisotopic (exact) mass is 271 g/mol. The van der Waals surface area contributed by atoms with Crippen molar-refractivity contribution >= 4 is 0 Å². The molecular weight excluding hydrogens is 246 g/mol. The van der Waals surface area contributed by atoms with Gasteiger partial charge in [0, 0.05) is 18.8 Å². The highest BCUT2D eigenvalue weighted by atomic mass is 15.3. The van der Waals surface area contributed by atoms with E-state index in [9.17, 15) is 0 Å². The lowest BCUT2D eigenvalue weighted by Gasteiger charge is -2.14. The molecule has 1 aromatic heterocycles. The lowest BCUT2D eigenvalue weighted by atomic mass is 10.0. The van der Waals surface area contributed by atoms with Gasteiger partial charge in [0.25, 0.3) is 0 Å². The summed E-state index contributed by atoms with van der Waals surface area (Å²) in [4.78, 5) is 0. The number of aromatic nitrogens is 2. The Bertz CT molecular complexity index is 513. The topological polar surface area (TPSA) is 29.9 Å². The Morgan fingerprint density at radius 3 is 2.50 bits per heavy atom. The number of hydrogen-bond donors (Lipinski definition) is 1. The minimum absolute atomic E-state index is 0.407. The Kier molecular flexibility index (Phi) is 5.36. The van der Waals surface area contributed by atoms with Crippen LogP contribution in [0.25, 0.3) is 11.3 Å². The van der Waals surface area contributed by atoms with Gasteiger partial charge in [-0.15, -0.1) is 0 Å². The van der Waals surface area contributed by atoms with Crippen LogP contribution in [0.2, 0.25) is 0 Å². The predicted octanol–water partition coefficient (Wildman–Crippen LogP) is 4.02. The smallest absolute Gasteiger partial charge is 0.0682 e. The van der Waals surface area contributed by atoms with Gasteiger partial charge in [-0.2, -0.15) is 5.10 Å². The lowest BCUT2D eigenvalue weighted by molar-refractivity contribution is 0.570. The Hall–Kier alpha value is -1.61. The van der Waals surface area contributed by atoms with Crippen molar-refractivity contribution in [1.29, 1.82) is 0 Å². The Balaban J connectivity index is 2.13. The van der Waals surface area contributed by atoms with Gasteiger partial charge < -0.3 is 5.32 Å². The van der Waals surface area contributed by atoms with E-state index in [-0.39, 0.29) is 0 Å². The minimum Gasteiger partial charge on any atom is -0.310 e. The van der Waals surface area contributed by atoms with Crippen molar-refractivity contribution < 1.29 is 0 Å². The normalized spacial score (nSPS) is 12.6. The summed E-state index contributed by atoms with van der Waals surface area (Å²) >= 11 is 0. The zero-order valence-corrected chi connectivity index (χ0v) is 12.8. The van der Waals surface area contributed by atoms with Gasteiger partial charge in [-0.3, -0.25) is 4.68 Å². The molecule has 20 heavy (non-hydrogen) atoms. The van der Waals surface area contributed by atoms with Crippen molar-refractivity contribution in [2.45, 2.75) is 46.2 Å². The van der Waals surface area contributed by atoms with Crippen molar-refractivity contribution in [2.24, 2.45) is 0 Å². The summed E-state index contributed by atoms with van der Waals surface area (Å²) < 4.78 is 2.08. The summed E-state index contributed by atoms with van der Waals surface area (Å²) in [6, 6.07) is 11.3. The van der Waals surface area contributed by atoms with Crippen molar-refractivity contribution in [3.63, 3.8) is 0 Å². The number of nitrogens with zero attached hydrogens (tertiary/aromatic N) is 2. The third-order valence-electron chi connectivity index (χ3n) is 3.56. The fourth-order valence-corrected chi connectivity index (χ4v) is 2.39. The van der Waals surface area contributed by atoms with Gasteiger partial charge >= 0.3 is 0 Å². The largest absolute Gasteiger partial charge is 0.310 e. The van der Waals surface area contributed by atoms with Crippen molar-refractivity contribution in [3.05, 3.63) is 42.1 Å². The Morgan fingerprint density at radius 2 is 1.85 bits per heavy atom. The van der Waals surface area contributed by atoms with E-state index < -0.39 is 0 Å². The molecule has 1 unspecified atom stereocenters. The van der Waals surface area contributed by atoms with Crippen LogP contribution in [-0.4, -0.2) is 16.3 Å². The third kappa shape index (κ3) is 3.48. The van der Waals surface area contributed by atoms with Crippen molar-refractivity contribution in [2.75, 3.05) is 6.54 Å². The first kappa shape index (κ1) is 14.8. The number of nitrogens with one attached hydrogen (secondary N) is 1. The highest BCUT2D eigenvalue weighted by Crippen LogP contribution is 2.22. The number of hydrogen-bond acceptors (Lipinski definition) is 2. The lowest BCUT2D eigenvalue weighted by Crippen LogP contribution is -2.19. The molecule has 2 aromatic rings. The maximum absolute atomic E-state index is 4.38. The molecule has 0 aliphatic rings. The molecule has 0 bridgehead atoms. The molecule has 0 aliphatic carbocycles. The van der Waals surface area contributed by atoms with Crippen LogP contribution in [0.1, 0.15) is 45.2 Å². The van der Waals surface area contributed by atoms with Crippen LogP contribution >= 0.6 is 0 Å². The number of rotatable bonds is 7. The number of aryl methyl sites for hydroxylation is 1. The first-order chi connectivity index (χ1) is 9.76. The average molecular weight is 271 g/mol. The molecular formula is C17H25N3. The van der Waals surface area contributed by atoms with E-state index in [2.05, 4.69) is 66.2 Å². The molecule has 3 nitrogen and oxygen atoms in total. The molecule has 0 fully saturated rings. The zero-order chi connectivity index (χ0) is 14.4. The molecule has 0 spiro atoms. The van der Waals surface area contributed by atoms with Crippen LogP contribution in [0.5, 0.6) is 0 Å². The molecule has 0 aliphatic heterocycles. The van der Waals surface area contributed by atoms with Crippen LogP contribution < -0.4 is 5.32 Å². The van der Waals surface area contributed by atoms with Crippen LogP contribution in [0.4, 0.5) is 0 Å². The highest BCUT2D eigenvalue weighted by Gasteiger charge is 2.07. The molecule has 2 rings (SSSR count). The highest BCUT2D eigenvalue weighted by molar-refractivity contribution is 5.59. The van der Waals surface area contributed by atoms with E-state index in [1.807, 2.05) is 6.20 Å². The SMILES string of the molecule is CCCNC(C)c1ccc(-c2ccnn2CCC)cc1. The molecule has 108 valence electrons. The predicted molar refractivity (Wildman–Crippen MR) is 84.7 cm³/mol. The molecule has 1 N–H and O–H groups in total. The van der Waals surface area contributed by atoms with Gasteiger partial charge in [0.1, 0.15) is 0 Å². The second-order valence-corrected chi connectivity index (χ2v) is 5.24. The quantitative estimate of drug-likeness (QED) is 0.824. The fourth-order valence-electron chi connectivity index (χ4n) is 2.39. The summed E-state index contributed by atoms with van der Waals surface area (Å²) in [5.74, 6) is 0. The molecule has 0 saturated heterocycles. The maximum Gasteiger partial charge on any atom is 0.0682 e. The van der Waals surface area contributed by atoms with Gasteiger partial charge in [-0.1, -0.05) is 38.1 Å². The fraction of sp³-hybridized carbons (Fsp3) is 0.471. The first-order valence-electron chi connectivity index (χ1n) is 7.61. The zero-order valence-electron chi connectivity index (χ0n) is 12.8. The van der Waals surface area contributed by atoms with Gasteiger partial charge in [-0.05, 0) is 43.5 Å². The molecule has 0 amide bonds. The molecule has 0 saturated carbocycles. The van der Waals surface area contributed by atoms with Gasteiger partial charge in [0.05, 0.1) is 5.69 Å². The van der Waals surface area contributed by atoms with Crippen molar-refractivity contribution in [1.82, 2.24) is 15.1 Å². The van der Waals surface area contributed by atoms with Crippen molar-refractivity contribution in [3.8, 4) is 11.3 Å². The van der Waals surface area contributed by atoms with Crippen LogP contribution in [-0.2, 0) is 6.54 Å². The van der Waals surface area contributed by atoms with E-state index in [0.717, 1.165) is 19.5 Å². The number of benzene rings is 1. The van der Waals surface area contributed by atoms with Gasteiger partial charge in [-0.25, -0.2) is 0 Å². The molecule has 0 radical (unpaired) electrons.